The fraction of sp³-hybridized carbons (Fsp3) is 0.476. The Labute approximate surface area is 166 Å². The number of carbonyl (C=O) groups is 1. The number of anilines is 3. The van der Waals surface area contributed by atoms with Gasteiger partial charge in [-0.25, -0.2) is 4.98 Å². The molecule has 4 rings (SSSR count). The number of hydrogen-bond acceptors (Lipinski definition) is 6. The number of nitrogens with zero attached hydrogens (tertiary/aromatic N) is 6. The first-order chi connectivity index (χ1) is 13.7. The Balaban J connectivity index is 1.41. The lowest BCUT2D eigenvalue weighted by Gasteiger charge is -2.37. The lowest BCUT2D eigenvalue weighted by atomic mass is 10.1. The number of hydrogen-bond donors (Lipinski definition) is 0. The van der Waals surface area contributed by atoms with E-state index in [0.29, 0.717) is 0 Å². The molecule has 2 aliphatic heterocycles. The quantitative estimate of drug-likeness (QED) is 0.753. The largest absolute Gasteiger partial charge is 0.368 e. The summed E-state index contributed by atoms with van der Waals surface area (Å²) in [6.07, 6.45) is 2.78. The van der Waals surface area contributed by atoms with Crippen molar-refractivity contribution < 1.29 is 4.79 Å². The topological polar surface area (TPSA) is 55.8 Å². The van der Waals surface area contributed by atoms with Gasteiger partial charge in [0.15, 0.2) is 0 Å². The van der Waals surface area contributed by atoms with E-state index >= 15 is 0 Å². The van der Waals surface area contributed by atoms with E-state index in [1.165, 1.54) is 16.8 Å². The smallest absolute Gasteiger partial charge is 0.227 e. The van der Waals surface area contributed by atoms with Crippen LogP contribution in [0, 0.1) is 13.8 Å². The Kier molecular flexibility index (Phi) is 5.32. The maximum atomic E-state index is 10.9. The van der Waals surface area contributed by atoms with Crippen LogP contribution in [0.4, 0.5) is 17.5 Å². The van der Waals surface area contributed by atoms with Crippen LogP contribution in [0.2, 0.25) is 0 Å². The standard InChI is InChI=1S/C21H28N6O/c1-17-4-3-5-19(18(17)2)25-12-14-27(15-13-25)21-22-7-6-20(23-21)26-10-8-24(16-28)9-11-26/h3-7,16H,8-15H2,1-2H3. The van der Waals surface area contributed by atoms with E-state index in [4.69, 9.17) is 4.98 Å². The summed E-state index contributed by atoms with van der Waals surface area (Å²) in [6.45, 7) is 11.3. The zero-order valence-corrected chi connectivity index (χ0v) is 16.7. The average molecular weight is 380 g/mol. The minimum atomic E-state index is 0.747. The van der Waals surface area contributed by atoms with Gasteiger partial charge in [0.05, 0.1) is 0 Å². The van der Waals surface area contributed by atoms with Crippen molar-refractivity contribution in [2.75, 3.05) is 67.1 Å². The Hall–Kier alpha value is -2.83. The molecule has 0 N–H and O–H groups in total. The van der Waals surface area contributed by atoms with Crippen molar-refractivity contribution in [2.24, 2.45) is 0 Å². The second-order valence-corrected chi connectivity index (χ2v) is 7.54. The summed E-state index contributed by atoms with van der Waals surface area (Å²) in [5, 5.41) is 0. The highest BCUT2D eigenvalue weighted by atomic mass is 16.1. The molecule has 148 valence electrons. The second kappa shape index (κ2) is 8.04. The van der Waals surface area contributed by atoms with Gasteiger partial charge in [0.2, 0.25) is 12.4 Å². The summed E-state index contributed by atoms with van der Waals surface area (Å²) in [7, 11) is 0. The summed E-state index contributed by atoms with van der Waals surface area (Å²) >= 11 is 0. The molecule has 2 saturated heterocycles. The fourth-order valence-electron chi connectivity index (χ4n) is 3.95. The first kappa shape index (κ1) is 18.5. The van der Waals surface area contributed by atoms with Crippen LogP contribution in [0.1, 0.15) is 11.1 Å². The first-order valence-electron chi connectivity index (χ1n) is 9.99. The molecule has 2 aliphatic rings. The van der Waals surface area contributed by atoms with Crippen molar-refractivity contribution in [3.05, 3.63) is 41.6 Å². The molecule has 1 aromatic carbocycles. The summed E-state index contributed by atoms with van der Waals surface area (Å²) < 4.78 is 0. The van der Waals surface area contributed by atoms with Gasteiger partial charge in [0.1, 0.15) is 5.82 Å². The van der Waals surface area contributed by atoms with Crippen LogP contribution in [0.3, 0.4) is 0 Å². The maximum Gasteiger partial charge on any atom is 0.227 e. The Morgan fingerprint density at radius 1 is 0.857 bits per heavy atom. The molecule has 0 saturated carbocycles. The number of piperazine rings is 2. The van der Waals surface area contributed by atoms with Gasteiger partial charge >= 0.3 is 0 Å². The maximum absolute atomic E-state index is 10.9. The van der Waals surface area contributed by atoms with Crippen molar-refractivity contribution in [3.8, 4) is 0 Å². The van der Waals surface area contributed by atoms with Crippen LogP contribution in [0.25, 0.3) is 0 Å². The van der Waals surface area contributed by atoms with Gasteiger partial charge in [0.25, 0.3) is 0 Å². The van der Waals surface area contributed by atoms with Gasteiger partial charge in [-0.05, 0) is 37.1 Å². The van der Waals surface area contributed by atoms with Gasteiger partial charge in [-0.3, -0.25) is 4.79 Å². The van der Waals surface area contributed by atoms with Gasteiger partial charge in [0, 0.05) is 64.2 Å². The van der Waals surface area contributed by atoms with Crippen LogP contribution in [-0.2, 0) is 4.79 Å². The van der Waals surface area contributed by atoms with Crippen molar-refractivity contribution in [1.82, 2.24) is 14.9 Å². The highest BCUT2D eigenvalue weighted by molar-refractivity contribution is 5.57. The molecular formula is C21H28N6O. The van der Waals surface area contributed by atoms with E-state index < -0.39 is 0 Å². The number of rotatable bonds is 4. The molecular weight excluding hydrogens is 352 g/mol. The van der Waals surface area contributed by atoms with Crippen LogP contribution in [-0.4, -0.2) is 73.6 Å². The minimum absolute atomic E-state index is 0.747. The number of aromatic nitrogens is 2. The number of carbonyl (C=O) groups excluding carboxylic acids is 1. The molecule has 28 heavy (non-hydrogen) atoms. The van der Waals surface area contributed by atoms with Gasteiger partial charge < -0.3 is 19.6 Å². The Bertz CT molecular complexity index is 825. The zero-order chi connectivity index (χ0) is 19.5. The van der Waals surface area contributed by atoms with Gasteiger partial charge in [-0.15, -0.1) is 0 Å². The fourth-order valence-corrected chi connectivity index (χ4v) is 3.95. The Morgan fingerprint density at radius 3 is 2.25 bits per heavy atom. The lowest BCUT2D eigenvalue weighted by Crippen LogP contribution is -2.48. The normalized spacial score (nSPS) is 17.8. The van der Waals surface area contributed by atoms with Gasteiger partial charge in [-0.1, -0.05) is 12.1 Å². The predicted octanol–water partition coefficient (Wildman–Crippen LogP) is 1.70. The highest BCUT2D eigenvalue weighted by Crippen LogP contribution is 2.25. The second-order valence-electron chi connectivity index (χ2n) is 7.54. The van der Waals surface area contributed by atoms with E-state index in [1.54, 1.807) is 0 Å². The third kappa shape index (κ3) is 3.74. The average Bonchev–Trinajstić information content (AvgIpc) is 2.76. The van der Waals surface area contributed by atoms with Gasteiger partial charge in [-0.2, -0.15) is 4.98 Å². The number of aryl methyl sites for hydroxylation is 1. The monoisotopic (exact) mass is 380 g/mol. The predicted molar refractivity (Wildman–Crippen MR) is 112 cm³/mol. The van der Waals surface area contributed by atoms with E-state index in [-0.39, 0.29) is 0 Å². The van der Waals surface area contributed by atoms with E-state index in [9.17, 15) is 4.79 Å². The van der Waals surface area contributed by atoms with Crippen LogP contribution < -0.4 is 14.7 Å². The molecule has 0 spiro atoms. The molecule has 1 aromatic heterocycles. The van der Waals surface area contributed by atoms with Crippen LogP contribution in [0.15, 0.2) is 30.5 Å². The molecule has 0 unspecified atom stereocenters. The summed E-state index contributed by atoms with van der Waals surface area (Å²) in [5.41, 5.74) is 4.04. The SMILES string of the molecule is Cc1cccc(N2CCN(c3nccc(N4CCN(C=O)CC4)n3)CC2)c1C. The van der Waals surface area contributed by atoms with Crippen molar-refractivity contribution in [1.29, 1.82) is 0 Å². The molecule has 7 nitrogen and oxygen atoms in total. The highest BCUT2D eigenvalue weighted by Gasteiger charge is 2.22. The lowest BCUT2D eigenvalue weighted by molar-refractivity contribution is -0.118. The van der Waals surface area contributed by atoms with E-state index in [0.717, 1.165) is 70.5 Å². The van der Waals surface area contributed by atoms with Crippen LogP contribution >= 0.6 is 0 Å². The van der Waals surface area contributed by atoms with E-state index in [1.807, 2.05) is 17.2 Å². The third-order valence-corrected chi connectivity index (χ3v) is 5.89. The molecule has 1 amide bonds. The molecule has 2 aromatic rings. The molecule has 0 aliphatic carbocycles. The molecule has 0 atom stereocenters. The van der Waals surface area contributed by atoms with Crippen molar-refractivity contribution in [2.45, 2.75) is 13.8 Å². The van der Waals surface area contributed by atoms with Crippen LogP contribution in [0.5, 0.6) is 0 Å². The number of benzene rings is 1. The Morgan fingerprint density at radius 2 is 1.54 bits per heavy atom. The molecule has 0 radical (unpaired) electrons. The molecule has 7 heteroatoms. The van der Waals surface area contributed by atoms with Crippen molar-refractivity contribution in [3.63, 3.8) is 0 Å². The summed E-state index contributed by atoms with van der Waals surface area (Å²) in [4.78, 5) is 29.0. The molecule has 2 fully saturated rings. The zero-order valence-electron chi connectivity index (χ0n) is 16.7. The van der Waals surface area contributed by atoms with Crippen molar-refractivity contribution >= 4 is 23.9 Å². The minimum Gasteiger partial charge on any atom is -0.368 e. The van der Waals surface area contributed by atoms with E-state index in [2.05, 4.69) is 51.7 Å². The molecule has 3 heterocycles. The number of amides is 1. The third-order valence-electron chi connectivity index (χ3n) is 5.89. The summed E-state index contributed by atoms with van der Waals surface area (Å²) in [5.74, 6) is 1.75. The summed E-state index contributed by atoms with van der Waals surface area (Å²) in [6, 6.07) is 8.49. The molecule has 0 bridgehead atoms. The first-order valence-corrected chi connectivity index (χ1v) is 9.99.